The van der Waals surface area contributed by atoms with Gasteiger partial charge in [0.05, 0.1) is 13.7 Å². The molecule has 3 N–H and O–H groups in total. The van der Waals surface area contributed by atoms with E-state index < -0.39 is 12.0 Å². The lowest BCUT2D eigenvalue weighted by Crippen LogP contribution is -2.32. The van der Waals surface area contributed by atoms with Crippen LogP contribution in [0.4, 0.5) is 0 Å². The summed E-state index contributed by atoms with van der Waals surface area (Å²) in [6.45, 7) is 0.517. The number of hydrogen-bond donors (Lipinski definition) is 2. The largest absolute Gasteiger partial charge is 0.497 e. The van der Waals surface area contributed by atoms with E-state index in [1.165, 1.54) is 11.8 Å². The van der Waals surface area contributed by atoms with Crippen molar-refractivity contribution >= 4 is 17.7 Å². The summed E-state index contributed by atoms with van der Waals surface area (Å²) in [7, 11) is 1.61. The van der Waals surface area contributed by atoms with Crippen molar-refractivity contribution in [1.29, 1.82) is 0 Å². The van der Waals surface area contributed by atoms with Gasteiger partial charge in [0.15, 0.2) is 0 Å². The van der Waals surface area contributed by atoms with Crippen LogP contribution >= 0.6 is 11.8 Å². The topological polar surface area (TPSA) is 81.8 Å². The minimum absolute atomic E-state index is 0.390. The number of methoxy groups -OCH3 is 1. The highest BCUT2D eigenvalue weighted by Gasteiger charge is 2.10. The third kappa shape index (κ3) is 5.29. The van der Waals surface area contributed by atoms with Gasteiger partial charge in [-0.25, -0.2) is 0 Å². The lowest BCUT2D eigenvalue weighted by atomic mass is 10.3. The third-order valence-corrected chi connectivity index (χ3v) is 3.22. The Morgan fingerprint density at radius 2 is 2.00 bits per heavy atom. The van der Waals surface area contributed by atoms with E-state index in [2.05, 4.69) is 0 Å². The zero-order valence-electron chi connectivity index (χ0n) is 10.2. The number of aliphatic carboxylic acids is 1. The fourth-order valence-electron chi connectivity index (χ4n) is 1.17. The molecule has 0 heterocycles. The maximum absolute atomic E-state index is 10.5. The van der Waals surface area contributed by atoms with Gasteiger partial charge in [-0.15, -0.1) is 0 Å². The summed E-state index contributed by atoms with van der Waals surface area (Å²) < 4.78 is 10.5. The van der Waals surface area contributed by atoms with Crippen LogP contribution in [0.1, 0.15) is 0 Å². The molecule has 0 unspecified atom stereocenters. The second-order valence-electron chi connectivity index (χ2n) is 3.54. The summed E-state index contributed by atoms with van der Waals surface area (Å²) in [4.78, 5) is 10.5. The Labute approximate surface area is 110 Å². The summed E-state index contributed by atoms with van der Waals surface area (Å²) in [5.41, 5.74) is 5.37. The minimum Gasteiger partial charge on any atom is -0.497 e. The molecule has 18 heavy (non-hydrogen) atoms. The molecule has 0 aliphatic carbocycles. The molecule has 1 aromatic rings. The first-order chi connectivity index (χ1) is 8.63. The van der Waals surface area contributed by atoms with E-state index in [4.69, 9.17) is 20.3 Å². The molecule has 1 aromatic carbocycles. The summed E-state index contributed by atoms with van der Waals surface area (Å²) in [5.74, 6) is 1.66. The Balaban J connectivity index is 2.15. The molecule has 0 aliphatic heterocycles. The quantitative estimate of drug-likeness (QED) is 0.692. The van der Waals surface area contributed by atoms with Crippen molar-refractivity contribution in [3.8, 4) is 11.5 Å². The van der Waals surface area contributed by atoms with E-state index >= 15 is 0 Å². The molecule has 0 saturated heterocycles. The lowest BCUT2D eigenvalue weighted by Gasteiger charge is -2.08. The van der Waals surface area contributed by atoms with Crippen LogP contribution in [0.15, 0.2) is 24.3 Å². The second kappa shape index (κ2) is 7.84. The molecule has 0 radical (unpaired) electrons. The number of carboxylic acid groups (broad SMARTS) is 1. The Morgan fingerprint density at radius 1 is 1.39 bits per heavy atom. The Kier molecular flexibility index (Phi) is 6.38. The number of nitrogens with two attached hydrogens (primary N) is 1. The average Bonchev–Trinajstić information content (AvgIpc) is 2.38. The molecule has 1 rings (SSSR count). The van der Waals surface area contributed by atoms with Gasteiger partial charge in [-0.05, 0) is 24.3 Å². The van der Waals surface area contributed by atoms with Crippen molar-refractivity contribution in [3.05, 3.63) is 24.3 Å². The van der Waals surface area contributed by atoms with Crippen LogP contribution in [0.25, 0.3) is 0 Å². The number of thioether (sulfide) groups is 1. The van der Waals surface area contributed by atoms with E-state index in [1.54, 1.807) is 7.11 Å². The highest BCUT2D eigenvalue weighted by molar-refractivity contribution is 7.99. The lowest BCUT2D eigenvalue weighted by molar-refractivity contribution is -0.137. The van der Waals surface area contributed by atoms with Crippen LogP contribution in [0.5, 0.6) is 11.5 Å². The summed E-state index contributed by atoms with van der Waals surface area (Å²) in [5, 5.41) is 8.58. The molecule has 0 bridgehead atoms. The molecule has 100 valence electrons. The van der Waals surface area contributed by atoms with E-state index in [1.807, 2.05) is 24.3 Å². The zero-order valence-corrected chi connectivity index (χ0v) is 11.0. The van der Waals surface area contributed by atoms with Gasteiger partial charge in [0, 0.05) is 11.5 Å². The maximum Gasteiger partial charge on any atom is 0.321 e. The molecule has 0 spiro atoms. The van der Waals surface area contributed by atoms with Gasteiger partial charge in [0.2, 0.25) is 0 Å². The minimum atomic E-state index is -0.974. The molecule has 0 amide bonds. The highest BCUT2D eigenvalue weighted by atomic mass is 32.2. The molecule has 0 aliphatic rings. The Hall–Kier alpha value is -1.40. The smallest absolute Gasteiger partial charge is 0.321 e. The normalized spacial score (nSPS) is 11.9. The predicted molar refractivity (Wildman–Crippen MR) is 71.4 cm³/mol. The first kappa shape index (κ1) is 14.7. The number of ether oxygens (including phenoxy) is 2. The summed E-state index contributed by atoms with van der Waals surface area (Å²) in [6, 6.07) is 6.49. The summed E-state index contributed by atoms with van der Waals surface area (Å²) >= 11 is 1.46. The fraction of sp³-hybridized carbons (Fsp3) is 0.417. The van der Waals surface area contributed by atoms with Crippen molar-refractivity contribution in [3.63, 3.8) is 0 Å². The van der Waals surface area contributed by atoms with Gasteiger partial charge < -0.3 is 20.3 Å². The standard InChI is InChI=1S/C12H17NO4S/c1-16-9-2-4-10(5-3-9)17-6-7-18-8-11(13)12(14)15/h2-5,11H,6-8,13H2,1H3,(H,14,15)/t11-/m1/s1. The van der Waals surface area contributed by atoms with Gasteiger partial charge in [-0.3, -0.25) is 4.79 Å². The Morgan fingerprint density at radius 3 is 2.56 bits per heavy atom. The Bertz CT molecular complexity index is 369. The number of benzene rings is 1. The molecule has 0 fully saturated rings. The molecular formula is C12H17NO4S. The van der Waals surface area contributed by atoms with E-state index in [-0.39, 0.29) is 0 Å². The highest BCUT2D eigenvalue weighted by Crippen LogP contribution is 2.17. The van der Waals surface area contributed by atoms with E-state index in [0.29, 0.717) is 18.1 Å². The molecule has 0 aromatic heterocycles. The first-order valence-electron chi connectivity index (χ1n) is 5.46. The van der Waals surface area contributed by atoms with Crippen molar-refractivity contribution in [2.45, 2.75) is 6.04 Å². The van der Waals surface area contributed by atoms with Crippen LogP contribution in [-0.2, 0) is 4.79 Å². The monoisotopic (exact) mass is 271 g/mol. The van der Waals surface area contributed by atoms with Gasteiger partial charge in [-0.1, -0.05) is 0 Å². The average molecular weight is 271 g/mol. The number of rotatable bonds is 8. The van der Waals surface area contributed by atoms with Crippen molar-refractivity contribution in [1.82, 2.24) is 0 Å². The molecule has 5 nitrogen and oxygen atoms in total. The van der Waals surface area contributed by atoms with Crippen molar-refractivity contribution in [2.24, 2.45) is 5.73 Å². The van der Waals surface area contributed by atoms with Gasteiger partial charge >= 0.3 is 5.97 Å². The molecule has 6 heteroatoms. The number of carbonyl (C=O) groups is 1. The van der Waals surface area contributed by atoms with Crippen LogP contribution in [0.2, 0.25) is 0 Å². The SMILES string of the molecule is COc1ccc(OCCSC[C@@H](N)C(=O)O)cc1. The fourth-order valence-corrected chi connectivity index (χ4v) is 1.94. The summed E-state index contributed by atoms with van der Waals surface area (Å²) in [6.07, 6.45) is 0. The van der Waals surface area contributed by atoms with Crippen LogP contribution in [0, 0.1) is 0 Å². The van der Waals surface area contributed by atoms with E-state index in [9.17, 15) is 4.79 Å². The number of carboxylic acids is 1. The van der Waals surface area contributed by atoms with Gasteiger partial charge in [0.25, 0.3) is 0 Å². The first-order valence-corrected chi connectivity index (χ1v) is 6.62. The molecule has 1 atom stereocenters. The van der Waals surface area contributed by atoms with Crippen LogP contribution in [-0.4, -0.2) is 42.3 Å². The van der Waals surface area contributed by atoms with Crippen LogP contribution < -0.4 is 15.2 Å². The van der Waals surface area contributed by atoms with Crippen molar-refractivity contribution < 1.29 is 19.4 Å². The third-order valence-electron chi connectivity index (χ3n) is 2.17. The van der Waals surface area contributed by atoms with Crippen molar-refractivity contribution in [2.75, 3.05) is 25.2 Å². The second-order valence-corrected chi connectivity index (χ2v) is 4.69. The molecular weight excluding hydrogens is 254 g/mol. The van der Waals surface area contributed by atoms with Gasteiger partial charge in [-0.2, -0.15) is 11.8 Å². The zero-order chi connectivity index (χ0) is 13.4. The predicted octanol–water partition coefficient (Wildman–Crippen LogP) is 1.22. The maximum atomic E-state index is 10.5. The van der Waals surface area contributed by atoms with E-state index in [0.717, 1.165) is 11.5 Å². The number of hydrogen-bond acceptors (Lipinski definition) is 5. The van der Waals surface area contributed by atoms with Gasteiger partial charge in [0.1, 0.15) is 17.5 Å². The molecule has 0 saturated carbocycles. The van der Waals surface area contributed by atoms with Crippen LogP contribution in [0.3, 0.4) is 0 Å².